The first kappa shape index (κ1) is 37.0. The number of urea groups is 1. The lowest BCUT2D eigenvalue weighted by Crippen LogP contribution is -2.22. The summed E-state index contributed by atoms with van der Waals surface area (Å²) in [6.07, 6.45) is 0. The van der Waals surface area contributed by atoms with Crippen molar-refractivity contribution in [1.29, 1.82) is 0 Å². The first-order chi connectivity index (χ1) is 26.1. The van der Waals surface area contributed by atoms with Crippen molar-refractivity contribution in [2.45, 2.75) is 33.4 Å². The smallest absolute Gasteiger partial charge is 0.323 e. The van der Waals surface area contributed by atoms with Gasteiger partial charge in [-0.2, -0.15) is 16.8 Å². The molecule has 6 aromatic carbocycles. The van der Waals surface area contributed by atoms with Crippen molar-refractivity contribution in [2.75, 3.05) is 19.2 Å². The van der Waals surface area contributed by atoms with Gasteiger partial charge in [0.05, 0.1) is 34.1 Å². The number of anilines is 6. The molecule has 288 valence electrons. The van der Waals surface area contributed by atoms with E-state index in [1.807, 2.05) is 0 Å². The lowest BCUT2D eigenvalue weighted by atomic mass is 10.1. The van der Waals surface area contributed by atoms with E-state index in [9.17, 15) is 57.8 Å². The largest absolute Gasteiger partial charge is 0.508 e. The van der Waals surface area contributed by atoms with Gasteiger partial charge >= 0.3 is 6.03 Å². The summed E-state index contributed by atoms with van der Waals surface area (Å²) in [4.78, 5) is 11.6. The quantitative estimate of drug-likeness (QED) is 0.108. The predicted molar refractivity (Wildman–Crippen MR) is 205 cm³/mol. The van der Waals surface area contributed by atoms with Crippen molar-refractivity contribution >= 4 is 102 Å². The molecular formula is C35H26N4O13S4. The zero-order chi connectivity index (χ0) is 40.4. The highest BCUT2D eigenvalue weighted by Crippen LogP contribution is 2.53. The average molecular weight is 839 g/mol. The van der Waals surface area contributed by atoms with Gasteiger partial charge in [0, 0.05) is 22.9 Å². The number of carbonyl (C=O) groups excluding carboxylic acids is 1. The van der Waals surface area contributed by atoms with Gasteiger partial charge < -0.3 is 20.8 Å². The Bertz CT molecular complexity index is 3050. The average Bonchev–Trinajstić information content (AvgIpc) is 3.33. The highest BCUT2D eigenvalue weighted by Gasteiger charge is 2.44. The maximum Gasteiger partial charge on any atom is 0.323 e. The van der Waals surface area contributed by atoms with Crippen LogP contribution in [0.4, 0.5) is 38.9 Å². The number of nitrogens with one attached hydrogen (secondary N) is 2. The molecule has 0 unspecified atom stereocenters. The van der Waals surface area contributed by atoms with Gasteiger partial charge in [-0.1, -0.05) is 36.4 Å². The Morgan fingerprint density at radius 1 is 0.571 bits per heavy atom. The molecule has 0 radical (unpaired) electrons. The van der Waals surface area contributed by atoms with E-state index in [4.69, 9.17) is 0 Å². The molecule has 6 N–H and O–H groups in total. The Balaban J connectivity index is 1.24. The van der Waals surface area contributed by atoms with Crippen LogP contribution >= 0.6 is 0 Å². The lowest BCUT2D eigenvalue weighted by molar-refractivity contribution is 0.262. The highest BCUT2D eigenvalue weighted by atomic mass is 32.2. The minimum absolute atomic E-state index is 0.0599. The fraction of sp³-hybridized carbons (Fsp3) is 0.0571. The van der Waals surface area contributed by atoms with Gasteiger partial charge in [-0.05, 0) is 72.1 Å². The van der Waals surface area contributed by atoms with Crippen LogP contribution in [0.1, 0.15) is 11.1 Å². The Morgan fingerprint density at radius 2 is 0.946 bits per heavy atom. The maximum atomic E-state index is 14.3. The van der Waals surface area contributed by atoms with Crippen molar-refractivity contribution in [1.82, 2.24) is 0 Å². The van der Waals surface area contributed by atoms with Crippen LogP contribution in [0.3, 0.4) is 0 Å². The molecule has 2 aliphatic heterocycles. The van der Waals surface area contributed by atoms with Gasteiger partial charge in [-0.25, -0.2) is 30.2 Å². The number of aryl methyl sites for hydroxylation is 2. The van der Waals surface area contributed by atoms with Gasteiger partial charge in [-0.3, -0.25) is 9.11 Å². The molecule has 0 aliphatic carbocycles. The molecule has 0 fully saturated rings. The van der Waals surface area contributed by atoms with E-state index in [1.165, 1.54) is 86.6 Å². The van der Waals surface area contributed by atoms with Gasteiger partial charge in [0.1, 0.15) is 31.1 Å². The Labute approximate surface area is 318 Å². The number of amides is 2. The van der Waals surface area contributed by atoms with Gasteiger partial charge in [-0.15, -0.1) is 0 Å². The Morgan fingerprint density at radius 3 is 1.30 bits per heavy atom. The van der Waals surface area contributed by atoms with Crippen LogP contribution in [0.15, 0.2) is 105 Å². The molecule has 17 nitrogen and oxygen atoms in total. The molecule has 21 heteroatoms. The van der Waals surface area contributed by atoms with E-state index in [0.29, 0.717) is 0 Å². The fourth-order valence-electron chi connectivity index (χ4n) is 7.27. The van der Waals surface area contributed by atoms with Crippen LogP contribution in [-0.4, -0.2) is 59.0 Å². The lowest BCUT2D eigenvalue weighted by Gasteiger charge is -2.21. The molecule has 0 spiro atoms. The van der Waals surface area contributed by atoms with Crippen LogP contribution in [0.25, 0.3) is 21.5 Å². The van der Waals surface area contributed by atoms with Crippen molar-refractivity contribution < 1.29 is 57.8 Å². The number of carbonyl (C=O) groups is 1. The number of benzene rings is 6. The summed E-state index contributed by atoms with van der Waals surface area (Å²) in [5.74, 6) is -1.04. The molecule has 8 rings (SSSR count). The third-order valence-electron chi connectivity index (χ3n) is 9.38. The third-order valence-corrected chi connectivity index (χ3v) is 15.0. The molecule has 56 heavy (non-hydrogen) atoms. The molecule has 2 amide bonds. The Kier molecular flexibility index (Phi) is 7.93. The van der Waals surface area contributed by atoms with E-state index in [1.54, 1.807) is 0 Å². The van der Waals surface area contributed by atoms with Crippen LogP contribution in [0.2, 0.25) is 0 Å². The van der Waals surface area contributed by atoms with Crippen molar-refractivity contribution in [2.24, 2.45) is 0 Å². The summed E-state index contributed by atoms with van der Waals surface area (Å²) >= 11 is 0. The van der Waals surface area contributed by atoms with Gasteiger partial charge in [0.25, 0.3) is 40.3 Å². The maximum absolute atomic E-state index is 14.3. The minimum Gasteiger partial charge on any atom is -0.508 e. The first-order valence-corrected chi connectivity index (χ1v) is 21.8. The van der Waals surface area contributed by atoms with Crippen LogP contribution < -0.4 is 19.2 Å². The topological polar surface area (TPSA) is 265 Å². The summed E-state index contributed by atoms with van der Waals surface area (Å²) in [6, 6.07) is 16.5. The van der Waals surface area contributed by atoms with E-state index in [0.717, 1.165) is 20.7 Å². The molecule has 0 aromatic heterocycles. The molecule has 6 aromatic rings. The number of hydrogen-bond acceptors (Lipinski definition) is 11. The number of phenols is 2. The molecule has 0 saturated heterocycles. The fourth-order valence-corrected chi connectivity index (χ4v) is 12.6. The summed E-state index contributed by atoms with van der Waals surface area (Å²) in [5, 5.41) is 25.0. The minimum atomic E-state index is -5.02. The first-order valence-electron chi connectivity index (χ1n) is 16.0. The number of sulfonamides is 2. The number of aromatic hydroxyl groups is 2. The van der Waals surface area contributed by atoms with Crippen molar-refractivity contribution in [3.8, 4) is 11.5 Å². The standard InChI is InChI=1S/C35H26N4O13S4/c1-17-9-11-25-31(33(17)53(43,44)38(25)23-7-3-5-19-13-21(40)15-27(29(19)23)55(47,48)49)36-35(42)37-32-26-12-10-18(2)34(32)54(45,46)39(26)24-8-4-6-20-14-22(41)16-28(30(20)24)56(50,51)52/h3-16,40-41H,1-2H3,(H2,36,37,42)(H,47,48,49)(H,50,51,52). The van der Waals surface area contributed by atoms with Crippen LogP contribution in [-0.2, 0) is 40.3 Å². The second-order valence-electron chi connectivity index (χ2n) is 12.9. The SMILES string of the molecule is Cc1ccc2c(NC(=O)Nc3c4ccc(C)c3S(=O)(=O)N4c3cccc4cc(O)cc(S(=O)(=O)O)c34)c1S(=O)(=O)N2c1cccc2cc(O)cc(S(=O)(=O)O)c12. The summed E-state index contributed by atoms with van der Waals surface area (Å²) in [6.45, 7) is 2.91. The molecule has 0 saturated carbocycles. The Hall–Kier alpha value is -5.97. The summed E-state index contributed by atoms with van der Waals surface area (Å²) < 4.78 is 129. The third kappa shape index (κ3) is 5.42. The molecule has 0 atom stereocenters. The molecule has 2 aliphatic rings. The highest BCUT2D eigenvalue weighted by molar-refractivity contribution is 7.94. The number of nitrogens with zero attached hydrogens (tertiary/aromatic N) is 2. The predicted octanol–water partition coefficient (Wildman–Crippen LogP) is 5.84. The molecule has 4 bridgehead atoms. The van der Waals surface area contributed by atoms with Gasteiger partial charge in [0.15, 0.2) is 0 Å². The van der Waals surface area contributed by atoms with Crippen LogP contribution in [0.5, 0.6) is 11.5 Å². The monoisotopic (exact) mass is 838 g/mol. The number of phenolic OH excluding ortho intramolecular Hbond substituents is 2. The summed E-state index contributed by atoms with van der Waals surface area (Å²) in [7, 11) is -19.3. The van der Waals surface area contributed by atoms with E-state index < -0.39 is 67.6 Å². The van der Waals surface area contributed by atoms with Crippen LogP contribution in [0, 0.1) is 13.8 Å². The summed E-state index contributed by atoms with van der Waals surface area (Å²) in [5.41, 5.74) is -0.941. The molecule has 2 heterocycles. The number of hydrogen-bond donors (Lipinski definition) is 6. The normalized spacial score (nSPS) is 15.4. The van der Waals surface area contributed by atoms with E-state index >= 15 is 0 Å². The van der Waals surface area contributed by atoms with Crippen molar-refractivity contribution in [3.05, 3.63) is 96.1 Å². The zero-order valence-corrected chi connectivity index (χ0v) is 31.8. The van der Waals surface area contributed by atoms with E-state index in [-0.39, 0.29) is 76.6 Å². The van der Waals surface area contributed by atoms with Gasteiger partial charge in [0.2, 0.25) is 0 Å². The number of fused-ring (bicyclic) bond motifs is 6. The van der Waals surface area contributed by atoms with E-state index in [2.05, 4.69) is 10.6 Å². The second kappa shape index (κ2) is 12.0. The van der Waals surface area contributed by atoms with Crippen molar-refractivity contribution in [3.63, 3.8) is 0 Å². The second-order valence-corrected chi connectivity index (χ2v) is 19.1. The zero-order valence-electron chi connectivity index (χ0n) is 28.6. The number of rotatable bonds is 6. The molecular weight excluding hydrogens is 813 g/mol.